The van der Waals surface area contributed by atoms with Crippen molar-refractivity contribution in [3.63, 3.8) is 0 Å². The van der Waals surface area contributed by atoms with Gasteiger partial charge in [0.05, 0.1) is 18.7 Å². The molecule has 0 bridgehead atoms. The van der Waals surface area contributed by atoms with E-state index in [4.69, 9.17) is 10.2 Å². The molecular formula is C14H17FN2O2. The third kappa shape index (κ3) is 3.47. The van der Waals surface area contributed by atoms with Crippen LogP contribution in [0.4, 0.5) is 4.39 Å². The molecule has 0 saturated carbocycles. The maximum atomic E-state index is 13.6. The lowest BCUT2D eigenvalue weighted by Crippen LogP contribution is -2.29. The van der Waals surface area contributed by atoms with Gasteiger partial charge in [0, 0.05) is 31.2 Å². The zero-order chi connectivity index (χ0) is 13.7. The van der Waals surface area contributed by atoms with Crippen LogP contribution < -0.4 is 0 Å². The van der Waals surface area contributed by atoms with E-state index in [0.29, 0.717) is 19.6 Å². The summed E-state index contributed by atoms with van der Waals surface area (Å²) >= 11 is 0. The van der Waals surface area contributed by atoms with Gasteiger partial charge >= 0.3 is 0 Å². The van der Waals surface area contributed by atoms with E-state index in [1.807, 2.05) is 11.0 Å². The summed E-state index contributed by atoms with van der Waals surface area (Å²) in [6, 6.07) is 6.49. The van der Waals surface area contributed by atoms with Crippen LogP contribution in [-0.2, 0) is 6.54 Å². The van der Waals surface area contributed by atoms with E-state index in [0.717, 1.165) is 16.5 Å². The Morgan fingerprint density at radius 2 is 1.89 bits per heavy atom. The maximum absolute atomic E-state index is 13.6. The fourth-order valence-electron chi connectivity index (χ4n) is 2.14. The number of halogens is 1. The van der Waals surface area contributed by atoms with Crippen molar-refractivity contribution >= 4 is 10.9 Å². The van der Waals surface area contributed by atoms with E-state index in [1.54, 1.807) is 12.3 Å². The fraction of sp³-hybridized carbons (Fsp3) is 0.357. The Labute approximate surface area is 111 Å². The zero-order valence-corrected chi connectivity index (χ0v) is 10.6. The van der Waals surface area contributed by atoms with Gasteiger partial charge in [-0.05, 0) is 23.8 Å². The molecule has 2 N–H and O–H groups in total. The average molecular weight is 264 g/mol. The Hall–Kier alpha value is -1.56. The Morgan fingerprint density at radius 1 is 1.16 bits per heavy atom. The second kappa shape index (κ2) is 6.56. The normalized spacial score (nSPS) is 11.4. The van der Waals surface area contributed by atoms with Crippen LogP contribution in [0.2, 0.25) is 0 Å². The molecular weight excluding hydrogens is 247 g/mol. The highest BCUT2D eigenvalue weighted by Gasteiger charge is 2.10. The summed E-state index contributed by atoms with van der Waals surface area (Å²) in [5.74, 6) is -0.302. The van der Waals surface area contributed by atoms with E-state index >= 15 is 0 Å². The predicted octanol–water partition coefficient (Wildman–Crippen LogP) is 1.16. The monoisotopic (exact) mass is 264 g/mol. The predicted molar refractivity (Wildman–Crippen MR) is 71.1 cm³/mol. The standard InChI is InChI=1S/C14H17FN2O2/c15-13-8-11-2-1-3-16-14(11)12(9-13)10-17(4-6-18)5-7-19/h1-3,8-9,18-19H,4-7,10H2. The van der Waals surface area contributed by atoms with Crippen molar-refractivity contribution in [2.45, 2.75) is 6.54 Å². The molecule has 102 valence electrons. The SMILES string of the molecule is OCCN(CCO)Cc1cc(F)cc2cccnc12. The lowest BCUT2D eigenvalue weighted by Gasteiger charge is -2.20. The lowest BCUT2D eigenvalue weighted by atomic mass is 10.1. The number of hydrogen-bond acceptors (Lipinski definition) is 4. The number of fused-ring (bicyclic) bond motifs is 1. The van der Waals surface area contributed by atoms with Gasteiger partial charge in [-0.2, -0.15) is 0 Å². The number of hydrogen-bond donors (Lipinski definition) is 2. The molecule has 1 aromatic carbocycles. The first-order chi connectivity index (χ1) is 9.24. The summed E-state index contributed by atoms with van der Waals surface area (Å²) in [4.78, 5) is 6.14. The first-order valence-corrected chi connectivity index (χ1v) is 6.22. The Balaban J connectivity index is 2.32. The first-order valence-electron chi connectivity index (χ1n) is 6.22. The van der Waals surface area contributed by atoms with E-state index < -0.39 is 0 Å². The fourth-order valence-corrected chi connectivity index (χ4v) is 2.14. The van der Waals surface area contributed by atoms with Crippen molar-refractivity contribution in [3.05, 3.63) is 41.8 Å². The van der Waals surface area contributed by atoms with Crippen LogP contribution in [0.5, 0.6) is 0 Å². The first kappa shape index (κ1) is 13.9. The van der Waals surface area contributed by atoms with Crippen LogP contribution in [0.1, 0.15) is 5.56 Å². The molecule has 2 rings (SSSR count). The molecule has 4 nitrogen and oxygen atoms in total. The molecule has 0 amide bonds. The van der Waals surface area contributed by atoms with E-state index in [1.165, 1.54) is 12.1 Å². The van der Waals surface area contributed by atoms with Crippen molar-refractivity contribution in [1.82, 2.24) is 9.88 Å². The molecule has 0 aliphatic heterocycles. The smallest absolute Gasteiger partial charge is 0.124 e. The molecule has 0 atom stereocenters. The number of nitrogens with zero attached hydrogens (tertiary/aromatic N) is 2. The van der Waals surface area contributed by atoms with Crippen molar-refractivity contribution in [3.8, 4) is 0 Å². The van der Waals surface area contributed by atoms with Crippen LogP contribution in [0.3, 0.4) is 0 Å². The van der Waals surface area contributed by atoms with E-state index in [2.05, 4.69) is 4.98 Å². The van der Waals surface area contributed by atoms with Crippen LogP contribution in [0.15, 0.2) is 30.5 Å². The van der Waals surface area contributed by atoms with Gasteiger partial charge in [-0.25, -0.2) is 4.39 Å². The molecule has 0 spiro atoms. The quantitative estimate of drug-likeness (QED) is 0.822. The van der Waals surface area contributed by atoms with Crippen LogP contribution in [0.25, 0.3) is 10.9 Å². The van der Waals surface area contributed by atoms with Crippen molar-refractivity contribution in [2.75, 3.05) is 26.3 Å². The summed E-state index contributed by atoms with van der Waals surface area (Å²) in [5.41, 5.74) is 1.52. The van der Waals surface area contributed by atoms with Gasteiger partial charge in [0.2, 0.25) is 0 Å². The molecule has 0 radical (unpaired) electrons. The van der Waals surface area contributed by atoms with Crippen molar-refractivity contribution in [2.24, 2.45) is 0 Å². The number of pyridine rings is 1. The minimum absolute atomic E-state index is 0.000671. The summed E-state index contributed by atoms with van der Waals surface area (Å²) < 4.78 is 13.6. The zero-order valence-electron chi connectivity index (χ0n) is 10.6. The number of rotatable bonds is 6. The number of aliphatic hydroxyl groups excluding tert-OH is 2. The van der Waals surface area contributed by atoms with E-state index in [9.17, 15) is 4.39 Å². The third-order valence-corrected chi connectivity index (χ3v) is 2.98. The van der Waals surface area contributed by atoms with Gasteiger partial charge in [-0.3, -0.25) is 9.88 Å². The van der Waals surface area contributed by atoms with Crippen LogP contribution in [0, 0.1) is 5.82 Å². The largest absolute Gasteiger partial charge is 0.395 e. The van der Waals surface area contributed by atoms with Gasteiger partial charge in [-0.1, -0.05) is 6.07 Å². The molecule has 1 aromatic heterocycles. The highest BCUT2D eigenvalue weighted by atomic mass is 19.1. The van der Waals surface area contributed by atoms with Gasteiger partial charge in [0.1, 0.15) is 5.82 Å². The molecule has 2 aromatic rings. The van der Waals surface area contributed by atoms with Gasteiger partial charge in [-0.15, -0.1) is 0 Å². The Morgan fingerprint density at radius 3 is 2.58 bits per heavy atom. The molecule has 0 unspecified atom stereocenters. The molecule has 0 aliphatic carbocycles. The topological polar surface area (TPSA) is 56.6 Å². The third-order valence-electron chi connectivity index (χ3n) is 2.98. The molecule has 1 heterocycles. The summed E-state index contributed by atoms with van der Waals surface area (Å²) in [5, 5.41) is 18.7. The molecule has 0 saturated heterocycles. The summed E-state index contributed by atoms with van der Waals surface area (Å²) in [6.07, 6.45) is 1.67. The minimum Gasteiger partial charge on any atom is -0.395 e. The lowest BCUT2D eigenvalue weighted by molar-refractivity contribution is 0.156. The van der Waals surface area contributed by atoms with Gasteiger partial charge in [0.25, 0.3) is 0 Å². The molecule has 0 fully saturated rings. The van der Waals surface area contributed by atoms with E-state index in [-0.39, 0.29) is 19.0 Å². The maximum Gasteiger partial charge on any atom is 0.124 e. The average Bonchev–Trinajstić information content (AvgIpc) is 2.39. The highest BCUT2D eigenvalue weighted by Crippen LogP contribution is 2.19. The van der Waals surface area contributed by atoms with Crippen molar-refractivity contribution < 1.29 is 14.6 Å². The highest BCUT2D eigenvalue weighted by molar-refractivity contribution is 5.81. The van der Waals surface area contributed by atoms with Crippen molar-refractivity contribution in [1.29, 1.82) is 0 Å². The second-order valence-electron chi connectivity index (χ2n) is 4.36. The minimum atomic E-state index is -0.302. The van der Waals surface area contributed by atoms with Gasteiger partial charge in [0.15, 0.2) is 0 Å². The molecule has 5 heteroatoms. The second-order valence-corrected chi connectivity index (χ2v) is 4.36. The molecule has 0 aliphatic rings. The number of aromatic nitrogens is 1. The number of benzene rings is 1. The van der Waals surface area contributed by atoms with Crippen LogP contribution in [-0.4, -0.2) is 46.4 Å². The Kier molecular flexibility index (Phi) is 4.79. The van der Waals surface area contributed by atoms with Gasteiger partial charge < -0.3 is 10.2 Å². The number of aliphatic hydroxyl groups is 2. The summed E-state index contributed by atoms with van der Waals surface area (Å²) in [6.45, 7) is 1.32. The Bertz CT molecular complexity index is 542. The molecule has 19 heavy (non-hydrogen) atoms. The summed E-state index contributed by atoms with van der Waals surface area (Å²) in [7, 11) is 0. The van der Waals surface area contributed by atoms with Crippen LogP contribution >= 0.6 is 0 Å².